The van der Waals surface area contributed by atoms with Crippen LogP contribution < -0.4 is 4.90 Å². The van der Waals surface area contributed by atoms with Gasteiger partial charge in [-0.3, -0.25) is 9.78 Å². The molecular formula is C23H24FN3O. The summed E-state index contributed by atoms with van der Waals surface area (Å²) in [5, 5.41) is 0.997. The van der Waals surface area contributed by atoms with Gasteiger partial charge in [0.05, 0.1) is 16.8 Å². The molecular weight excluding hydrogens is 353 g/mol. The van der Waals surface area contributed by atoms with Crippen LogP contribution in [-0.2, 0) is 0 Å². The van der Waals surface area contributed by atoms with Crippen LogP contribution in [0.4, 0.5) is 10.1 Å². The molecule has 1 aliphatic rings. The van der Waals surface area contributed by atoms with Gasteiger partial charge in [-0.15, -0.1) is 0 Å². The van der Waals surface area contributed by atoms with E-state index in [2.05, 4.69) is 16.0 Å². The van der Waals surface area contributed by atoms with Crippen LogP contribution in [0.1, 0.15) is 28.0 Å². The van der Waals surface area contributed by atoms with E-state index >= 15 is 0 Å². The van der Waals surface area contributed by atoms with Crippen molar-refractivity contribution in [2.24, 2.45) is 0 Å². The van der Waals surface area contributed by atoms with Crippen LogP contribution in [0.3, 0.4) is 0 Å². The number of rotatable bonds is 2. The van der Waals surface area contributed by atoms with Crippen LogP contribution in [0.2, 0.25) is 0 Å². The number of benzene rings is 2. The molecule has 1 fully saturated rings. The largest absolute Gasteiger partial charge is 0.370 e. The predicted octanol–water partition coefficient (Wildman–Crippen LogP) is 4.34. The van der Waals surface area contributed by atoms with Crippen molar-refractivity contribution in [2.75, 3.05) is 31.1 Å². The molecule has 28 heavy (non-hydrogen) atoms. The van der Waals surface area contributed by atoms with Crippen molar-refractivity contribution < 1.29 is 9.18 Å². The number of halogens is 1. The van der Waals surface area contributed by atoms with Gasteiger partial charge in [0, 0.05) is 37.3 Å². The highest BCUT2D eigenvalue weighted by atomic mass is 19.1. The number of aromatic nitrogens is 1. The van der Waals surface area contributed by atoms with Gasteiger partial charge in [0.1, 0.15) is 5.82 Å². The summed E-state index contributed by atoms with van der Waals surface area (Å²) in [5.41, 5.74) is 4.50. The lowest BCUT2D eigenvalue weighted by Crippen LogP contribution is -2.35. The third-order valence-electron chi connectivity index (χ3n) is 5.37. The Morgan fingerprint density at radius 1 is 0.964 bits per heavy atom. The van der Waals surface area contributed by atoms with Crippen LogP contribution in [0.15, 0.2) is 48.5 Å². The van der Waals surface area contributed by atoms with E-state index in [0.29, 0.717) is 18.7 Å². The highest BCUT2D eigenvalue weighted by molar-refractivity contribution is 5.98. The first-order chi connectivity index (χ1) is 13.5. The topological polar surface area (TPSA) is 36.4 Å². The van der Waals surface area contributed by atoms with Gasteiger partial charge < -0.3 is 9.80 Å². The second-order valence-corrected chi connectivity index (χ2v) is 7.43. The molecule has 2 heterocycles. The van der Waals surface area contributed by atoms with Crippen molar-refractivity contribution in [3.05, 3.63) is 71.2 Å². The fourth-order valence-electron chi connectivity index (χ4n) is 3.81. The van der Waals surface area contributed by atoms with Crippen molar-refractivity contribution in [3.8, 4) is 0 Å². The molecule has 1 aliphatic heterocycles. The van der Waals surface area contributed by atoms with Gasteiger partial charge >= 0.3 is 0 Å². The minimum absolute atomic E-state index is 0.0364. The smallest absolute Gasteiger partial charge is 0.255 e. The van der Waals surface area contributed by atoms with Crippen LogP contribution in [0.25, 0.3) is 10.9 Å². The first-order valence-corrected chi connectivity index (χ1v) is 9.69. The molecule has 4 rings (SSSR count). The molecule has 4 nitrogen and oxygen atoms in total. The van der Waals surface area contributed by atoms with E-state index in [-0.39, 0.29) is 11.7 Å². The van der Waals surface area contributed by atoms with E-state index in [9.17, 15) is 9.18 Å². The van der Waals surface area contributed by atoms with Gasteiger partial charge in [-0.1, -0.05) is 11.6 Å². The van der Waals surface area contributed by atoms with Crippen LogP contribution in [0, 0.1) is 19.7 Å². The van der Waals surface area contributed by atoms with E-state index in [0.717, 1.165) is 47.4 Å². The normalized spacial score (nSPS) is 15.0. The van der Waals surface area contributed by atoms with Gasteiger partial charge in [-0.25, -0.2) is 4.39 Å². The number of nitrogens with zero attached hydrogens (tertiary/aromatic N) is 3. The second kappa shape index (κ2) is 7.58. The summed E-state index contributed by atoms with van der Waals surface area (Å²) in [4.78, 5) is 22.0. The van der Waals surface area contributed by atoms with Gasteiger partial charge in [0.2, 0.25) is 0 Å². The molecule has 3 aromatic rings. The van der Waals surface area contributed by atoms with Gasteiger partial charge in [-0.2, -0.15) is 0 Å². The summed E-state index contributed by atoms with van der Waals surface area (Å²) in [5.74, 6) is -0.195. The lowest BCUT2D eigenvalue weighted by molar-refractivity contribution is 0.0766. The molecule has 0 saturated carbocycles. The number of aryl methyl sites for hydroxylation is 2. The number of hydrogen-bond acceptors (Lipinski definition) is 3. The molecule has 5 heteroatoms. The monoisotopic (exact) mass is 377 g/mol. The summed E-state index contributed by atoms with van der Waals surface area (Å²) >= 11 is 0. The number of anilines is 1. The molecule has 0 atom stereocenters. The van der Waals surface area contributed by atoms with Crippen LogP contribution >= 0.6 is 0 Å². The van der Waals surface area contributed by atoms with E-state index in [1.54, 1.807) is 12.1 Å². The van der Waals surface area contributed by atoms with Crippen LogP contribution in [0.5, 0.6) is 0 Å². The average molecular weight is 377 g/mol. The molecule has 1 amide bonds. The highest BCUT2D eigenvalue weighted by Gasteiger charge is 2.22. The summed E-state index contributed by atoms with van der Waals surface area (Å²) in [6.45, 7) is 6.87. The lowest BCUT2D eigenvalue weighted by atomic mass is 10.1. The number of fused-ring (bicyclic) bond motifs is 1. The number of pyridine rings is 1. The van der Waals surface area contributed by atoms with E-state index < -0.39 is 0 Å². The third-order valence-corrected chi connectivity index (χ3v) is 5.37. The van der Waals surface area contributed by atoms with Crippen molar-refractivity contribution in [1.29, 1.82) is 0 Å². The van der Waals surface area contributed by atoms with Gasteiger partial charge in [-0.05, 0) is 62.7 Å². The first-order valence-electron chi connectivity index (χ1n) is 9.69. The fourth-order valence-corrected chi connectivity index (χ4v) is 3.81. The van der Waals surface area contributed by atoms with E-state index in [1.807, 2.05) is 36.9 Å². The Labute approximate surface area is 164 Å². The van der Waals surface area contributed by atoms with E-state index in [1.165, 1.54) is 12.1 Å². The summed E-state index contributed by atoms with van der Waals surface area (Å²) in [7, 11) is 0. The maximum Gasteiger partial charge on any atom is 0.255 e. The van der Waals surface area contributed by atoms with E-state index in [4.69, 9.17) is 0 Å². The average Bonchev–Trinajstić information content (AvgIpc) is 2.94. The SMILES string of the molecule is Cc1ccc2nc(C)c(C(=O)N3CCCN(c4ccc(F)cc4)CC3)cc2c1. The predicted molar refractivity (Wildman–Crippen MR) is 110 cm³/mol. The fraction of sp³-hybridized carbons (Fsp3) is 0.304. The molecule has 144 valence electrons. The summed E-state index contributed by atoms with van der Waals surface area (Å²) < 4.78 is 13.2. The Kier molecular flexibility index (Phi) is 4.99. The molecule has 1 aromatic heterocycles. The Morgan fingerprint density at radius 2 is 1.75 bits per heavy atom. The maximum atomic E-state index is 13.2. The number of hydrogen-bond donors (Lipinski definition) is 0. The zero-order chi connectivity index (χ0) is 19.7. The Bertz CT molecular complexity index is 1020. The van der Waals surface area contributed by atoms with Gasteiger partial charge in [0.15, 0.2) is 0 Å². The minimum atomic E-state index is -0.232. The zero-order valence-corrected chi connectivity index (χ0v) is 16.3. The number of carbonyl (C=O) groups is 1. The Morgan fingerprint density at radius 3 is 2.54 bits per heavy atom. The molecule has 0 unspecified atom stereocenters. The number of amides is 1. The quantitative estimate of drug-likeness (QED) is 0.666. The first kappa shape index (κ1) is 18.4. The number of carbonyl (C=O) groups excluding carboxylic acids is 1. The standard InChI is InChI=1S/C23H24FN3O/c1-16-4-9-22-18(14-16)15-21(17(2)25-22)23(28)27-11-3-10-26(12-13-27)20-7-5-19(24)6-8-20/h4-9,14-15H,3,10-13H2,1-2H3. The van der Waals surface area contributed by atoms with Crippen molar-refractivity contribution in [1.82, 2.24) is 9.88 Å². The van der Waals surface area contributed by atoms with Crippen molar-refractivity contribution in [2.45, 2.75) is 20.3 Å². The second-order valence-electron chi connectivity index (χ2n) is 7.43. The van der Waals surface area contributed by atoms with Crippen molar-refractivity contribution >= 4 is 22.5 Å². The van der Waals surface area contributed by atoms with Gasteiger partial charge in [0.25, 0.3) is 5.91 Å². The lowest BCUT2D eigenvalue weighted by Gasteiger charge is -2.24. The maximum absolute atomic E-state index is 13.2. The molecule has 0 bridgehead atoms. The third kappa shape index (κ3) is 3.70. The molecule has 1 saturated heterocycles. The molecule has 0 aliphatic carbocycles. The highest BCUT2D eigenvalue weighted by Crippen LogP contribution is 2.21. The molecule has 0 radical (unpaired) electrons. The van der Waals surface area contributed by atoms with Crippen LogP contribution in [-0.4, -0.2) is 42.0 Å². The zero-order valence-electron chi connectivity index (χ0n) is 16.3. The summed E-state index contributed by atoms with van der Waals surface area (Å²) in [6.07, 6.45) is 0.877. The minimum Gasteiger partial charge on any atom is -0.370 e. The molecule has 0 spiro atoms. The van der Waals surface area contributed by atoms with Crippen molar-refractivity contribution in [3.63, 3.8) is 0 Å². The molecule has 2 aromatic carbocycles. The molecule has 0 N–H and O–H groups in total. The Balaban J connectivity index is 1.54. The Hall–Kier alpha value is -2.95. The summed E-state index contributed by atoms with van der Waals surface area (Å²) in [6, 6.07) is 14.6.